The number of hydrogen-bond donors (Lipinski definition) is 1. The van der Waals surface area contributed by atoms with Crippen molar-refractivity contribution >= 4 is 11.5 Å². The number of nitriles is 1. The summed E-state index contributed by atoms with van der Waals surface area (Å²) in [6.45, 7) is 0.344. The molecule has 0 radical (unpaired) electrons. The molecule has 96 valence electrons. The lowest BCUT2D eigenvalue weighted by Crippen LogP contribution is -2.05. The first-order valence-corrected chi connectivity index (χ1v) is 5.36. The number of aromatic nitrogens is 3. The molecule has 0 aliphatic heterocycles. The first-order valence-electron chi connectivity index (χ1n) is 5.36. The summed E-state index contributed by atoms with van der Waals surface area (Å²) in [5, 5.41) is 26.7. The normalized spacial score (nSPS) is 9.89. The third-order valence-corrected chi connectivity index (χ3v) is 2.45. The Balaban J connectivity index is 2.25. The van der Waals surface area contributed by atoms with Crippen molar-refractivity contribution in [3.8, 4) is 6.07 Å². The summed E-state index contributed by atoms with van der Waals surface area (Å²) >= 11 is 0. The fourth-order valence-electron chi connectivity index (χ4n) is 1.61. The highest BCUT2D eigenvalue weighted by atomic mass is 16.6. The summed E-state index contributed by atoms with van der Waals surface area (Å²) < 4.78 is 1.63. The summed E-state index contributed by atoms with van der Waals surface area (Å²) in [5.74, 6) is 0.0768. The van der Waals surface area contributed by atoms with Gasteiger partial charge >= 0.3 is 5.69 Å². The fourth-order valence-corrected chi connectivity index (χ4v) is 1.61. The van der Waals surface area contributed by atoms with Gasteiger partial charge in [-0.2, -0.15) is 10.4 Å². The molecule has 0 saturated carbocycles. The fraction of sp³-hybridized carbons (Fsp3) is 0.182. The van der Waals surface area contributed by atoms with Gasteiger partial charge in [0.25, 0.3) is 0 Å². The Hall–Kier alpha value is -2.95. The van der Waals surface area contributed by atoms with Crippen LogP contribution in [0.1, 0.15) is 11.1 Å². The van der Waals surface area contributed by atoms with E-state index in [0.29, 0.717) is 6.54 Å². The Morgan fingerprint density at radius 1 is 1.63 bits per heavy atom. The molecule has 0 unspecified atom stereocenters. The van der Waals surface area contributed by atoms with Crippen molar-refractivity contribution < 1.29 is 4.92 Å². The highest BCUT2D eigenvalue weighted by molar-refractivity contribution is 5.64. The van der Waals surface area contributed by atoms with E-state index in [-0.39, 0.29) is 17.1 Å². The van der Waals surface area contributed by atoms with Gasteiger partial charge in [0, 0.05) is 31.5 Å². The van der Waals surface area contributed by atoms with Gasteiger partial charge in [0.05, 0.1) is 11.1 Å². The van der Waals surface area contributed by atoms with Crippen LogP contribution in [0.25, 0.3) is 0 Å². The van der Waals surface area contributed by atoms with Crippen LogP contribution >= 0.6 is 0 Å². The van der Waals surface area contributed by atoms with Crippen molar-refractivity contribution in [3.05, 3.63) is 45.9 Å². The maximum atomic E-state index is 11.0. The van der Waals surface area contributed by atoms with E-state index in [4.69, 9.17) is 5.26 Å². The summed E-state index contributed by atoms with van der Waals surface area (Å²) in [7, 11) is 1.78. The van der Waals surface area contributed by atoms with Crippen LogP contribution in [0.3, 0.4) is 0 Å². The molecule has 0 bridgehead atoms. The van der Waals surface area contributed by atoms with Gasteiger partial charge in [0.2, 0.25) is 5.82 Å². The lowest BCUT2D eigenvalue weighted by Gasteiger charge is -2.05. The zero-order valence-electron chi connectivity index (χ0n) is 10.1. The van der Waals surface area contributed by atoms with E-state index in [2.05, 4.69) is 15.4 Å². The molecule has 0 fully saturated rings. The van der Waals surface area contributed by atoms with Gasteiger partial charge in [-0.15, -0.1) is 0 Å². The van der Waals surface area contributed by atoms with Crippen LogP contribution in [0.4, 0.5) is 11.5 Å². The maximum absolute atomic E-state index is 11.0. The second-order valence-electron chi connectivity index (χ2n) is 3.80. The Labute approximate surface area is 108 Å². The third-order valence-electron chi connectivity index (χ3n) is 2.45. The van der Waals surface area contributed by atoms with Crippen LogP contribution in [0.15, 0.2) is 24.7 Å². The van der Waals surface area contributed by atoms with Crippen molar-refractivity contribution in [1.82, 2.24) is 14.8 Å². The van der Waals surface area contributed by atoms with Gasteiger partial charge in [0.1, 0.15) is 11.6 Å². The van der Waals surface area contributed by atoms with Crippen LogP contribution in [-0.2, 0) is 13.6 Å². The van der Waals surface area contributed by atoms with E-state index < -0.39 is 4.92 Å². The molecule has 8 heteroatoms. The minimum atomic E-state index is -0.614. The Morgan fingerprint density at radius 2 is 2.42 bits per heavy atom. The van der Waals surface area contributed by atoms with Gasteiger partial charge in [-0.3, -0.25) is 14.8 Å². The Morgan fingerprint density at radius 3 is 3.00 bits per heavy atom. The number of nitrogens with one attached hydrogen (secondary N) is 1. The molecule has 0 aliphatic rings. The zero-order chi connectivity index (χ0) is 13.8. The zero-order valence-corrected chi connectivity index (χ0v) is 10.1. The average molecular weight is 258 g/mol. The second kappa shape index (κ2) is 5.14. The predicted octanol–water partition coefficient (Wildman–Crippen LogP) is 1.21. The molecular weight excluding hydrogens is 248 g/mol. The largest absolute Gasteiger partial charge is 0.360 e. The number of nitrogens with zero attached hydrogens (tertiary/aromatic N) is 5. The Bertz CT molecular complexity index is 657. The van der Waals surface area contributed by atoms with Crippen molar-refractivity contribution in [2.75, 3.05) is 5.32 Å². The summed E-state index contributed by atoms with van der Waals surface area (Å²) in [4.78, 5) is 14.3. The summed E-state index contributed by atoms with van der Waals surface area (Å²) in [6.07, 6.45) is 4.79. The number of rotatable bonds is 4. The average Bonchev–Trinajstić information content (AvgIpc) is 2.81. The minimum Gasteiger partial charge on any atom is -0.360 e. The topological polar surface area (TPSA) is 110 Å². The molecule has 0 aromatic carbocycles. The van der Waals surface area contributed by atoms with E-state index in [0.717, 1.165) is 5.56 Å². The standard InChI is InChI=1S/C11H10N6O2/c1-16-7-8(6-15-16)5-14-11-10(17(18)19)9(4-12)2-3-13-11/h2-3,6-7H,5H2,1H3,(H,13,14). The predicted molar refractivity (Wildman–Crippen MR) is 66.1 cm³/mol. The quantitative estimate of drug-likeness (QED) is 0.651. The minimum absolute atomic E-state index is 0.0197. The molecule has 2 heterocycles. The first kappa shape index (κ1) is 12.5. The first-order chi connectivity index (χ1) is 9.11. The van der Waals surface area contributed by atoms with E-state index >= 15 is 0 Å². The van der Waals surface area contributed by atoms with Gasteiger partial charge in [0.15, 0.2) is 0 Å². The molecule has 0 amide bonds. The smallest absolute Gasteiger partial charge is 0.328 e. The number of pyridine rings is 1. The number of nitro groups is 1. The second-order valence-corrected chi connectivity index (χ2v) is 3.80. The molecular formula is C11H10N6O2. The summed E-state index contributed by atoms with van der Waals surface area (Å²) in [5.41, 5.74) is 0.531. The highest BCUT2D eigenvalue weighted by Crippen LogP contribution is 2.25. The number of anilines is 1. The Kier molecular flexibility index (Phi) is 3.38. The molecule has 0 spiro atoms. The van der Waals surface area contributed by atoms with Crippen molar-refractivity contribution in [3.63, 3.8) is 0 Å². The monoisotopic (exact) mass is 258 g/mol. The van der Waals surface area contributed by atoms with E-state index in [1.54, 1.807) is 30.2 Å². The van der Waals surface area contributed by atoms with Crippen LogP contribution < -0.4 is 5.32 Å². The van der Waals surface area contributed by atoms with Crippen LogP contribution in [0.5, 0.6) is 0 Å². The molecule has 0 aliphatic carbocycles. The number of aryl methyl sites for hydroxylation is 1. The molecule has 2 rings (SSSR count). The van der Waals surface area contributed by atoms with Crippen molar-refractivity contribution in [2.24, 2.45) is 7.05 Å². The highest BCUT2D eigenvalue weighted by Gasteiger charge is 2.20. The molecule has 2 aromatic rings. The molecule has 0 saturated heterocycles. The van der Waals surface area contributed by atoms with Gasteiger partial charge in [-0.25, -0.2) is 4.98 Å². The lowest BCUT2D eigenvalue weighted by molar-refractivity contribution is -0.384. The van der Waals surface area contributed by atoms with Crippen molar-refractivity contribution in [2.45, 2.75) is 6.54 Å². The van der Waals surface area contributed by atoms with E-state index in [1.165, 1.54) is 12.3 Å². The lowest BCUT2D eigenvalue weighted by atomic mass is 10.2. The van der Waals surface area contributed by atoms with Gasteiger partial charge < -0.3 is 5.32 Å². The summed E-state index contributed by atoms with van der Waals surface area (Å²) in [6, 6.07) is 3.09. The molecule has 2 aromatic heterocycles. The van der Waals surface area contributed by atoms with Crippen molar-refractivity contribution in [1.29, 1.82) is 5.26 Å². The van der Waals surface area contributed by atoms with Gasteiger partial charge in [-0.1, -0.05) is 0 Å². The molecule has 19 heavy (non-hydrogen) atoms. The van der Waals surface area contributed by atoms with E-state index in [1.807, 2.05) is 0 Å². The maximum Gasteiger partial charge on any atom is 0.328 e. The molecule has 8 nitrogen and oxygen atoms in total. The third kappa shape index (κ3) is 2.66. The van der Waals surface area contributed by atoms with Crippen LogP contribution in [0, 0.1) is 21.4 Å². The molecule has 1 N–H and O–H groups in total. The number of hydrogen-bond acceptors (Lipinski definition) is 6. The van der Waals surface area contributed by atoms with Crippen LogP contribution in [-0.4, -0.2) is 19.7 Å². The van der Waals surface area contributed by atoms with Gasteiger partial charge in [-0.05, 0) is 6.07 Å². The van der Waals surface area contributed by atoms with Crippen LogP contribution in [0.2, 0.25) is 0 Å². The molecule has 0 atom stereocenters. The van der Waals surface area contributed by atoms with E-state index in [9.17, 15) is 10.1 Å². The SMILES string of the molecule is Cn1cc(CNc2nccc(C#N)c2[N+](=O)[O-])cn1.